The number of phenols is 2. The zero-order valence-corrected chi connectivity index (χ0v) is 12.2. The summed E-state index contributed by atoms with van der Waals surface area (Å²) >= 11 is 12.2. The smallest absolute Gasteiger partial charge is 0.204 e. The Morgan fingerprint density at radius 2 is 1.38 bits per heavy atom. The summed E-state index contributed by atoms with van der Waals surface area (Å²) in [5.41, 5.74) is 0. The number of aromatic hydroxyl groups is 2. The Labute approximate surface area is 108 Å². The van der Waals surface area contributed by atoms with E-state index in [1.807, 2.05) is 0 Å². The number of benzene rings is 1. The van der Waals surface area contributed by atoms with Crippen molar-refractivity contribution in [1.82, 2.24) is 0 Å². The van der Waals surface area contributed by atoms with Gasteiger partial charge in [0.2, 0.25) is 5.75 Å². The van der Waals surface area contributed by atoms with Crippen LogP contribution in [0.5, 0.6) is 17.2 Å². The topological polar surface area (TPSA) is 49.7 Å². The molecule has 0 bridgehead atoms. The molecule has 0 radical (unpaired) electrons. The van der Waals surface area contributed by atoms with Gasteiger partial charge < -0.3 is 14.0 Å². The second-order valence-electron chi connectivity index (χ2n) is 2.05. The van der Waals surface area contributed by atoms with Gasteiger partial charge in [-0.1, -0.05) is 0 Å². The Hall–Kier alpha value is 0.540. The van der Waals surface area contributed by atoms with Crippen LogP contribution in [0, 0.1) is 0 Å². The van der Waals surface area contributed by atoms with Gasteiger partial charge in [-0.3, -0.25) is 0 Å². The fraction of sp³-hybridized carbons (Fsp3) is 0. The molecule has 1 aromatic carbocycles. The van der Waals surface area contributed by atoms with Crippen molar-refractivity contribution in [3.05, 3.63) is 13.4 Å². The second kappa shape index (κ2) is 4.37. The first-order chi connectivity index (χ1) is 6.00. The van der Waals surface area contributed by atoms with Crippen LogP contribution < -0.4 is 3.83 Å². The third-order valence-electron chi connectivity index (χ3n) is 1.31. The quantitative estimate of drug-likeness (QED) is 0.510. The molecule has 0 aliphatic rings. The predicted octanol–water partition coefficient (Wildman–Crippen LogP) is 4.07. The lowest BCUT2D eigenvalue weighted by Crippen LogP contribution is -1.83. The van der Waals surface area contributed by atoms with Gasteiger partial charge in [0.15, 0.2) is 27.8 Å². The van der Waals surface area contributed by atoms with Crippen molar-refractivity contribution in [3.8, 4) is 17.2 Å². The summed E-state index contributed by atoms with van der Waals surface area (Å²) in [4.78, 5) is 0. The first-order valence-corrected chi connectivity index (χ1v) is 5.90. The molecule has 0 saturated carbocycles. The molecule has 72 valence electrons. The minimum Gasteiger partial charge on any atom is -0.503 e. The second-order valence-corrected chi connectivity index (χ2v) is 4.75. The van der Waals surface area contributed by atoms with Gasteiger partial charge in [-0.15, -0.1) is 0 Å². The molecule has 0 amide bonds. The van der Waals surface area contributed by atoms with Crippen LogP contribution in [0.3, 0.4) is 0 Å². The number of halogens is 4. The third kappa shape index (κ3) is 1.98. The van der Waals surface area contributed by atoms with Crippen LogP contribution in [0.2, 0.25) is 0 Å². The Morgan fingerprint density at radius 3 is 1.85 bits per heavy atom. The third-order valence-corrected chi connectivity index (χ3v) is 5.02. The number of phenolic OH excluding ortho intramolecular Hbond substituents is 2. The lowest BCUT2D eigenvalue weighted by Gasteiger charge is -2.09. The molecule has 0 atom stereocenters. The summed E-state index contributed by atoms with van der Waals surface area (Å²) in [5.74, 6) is -0.532. The highest BCUT2D eigenvalue weighted by molar-refractivity contribution is 9.14. The van der Waals surface area contributed by atoms with Gasteiger partial charge >= 0.3 is 0 Å². The van der Waals surface area contributed by atoms with Crippen LogP contribution in [0.25, 0.3) is 0 Å². The van der Waals surface area contributed by atoms with Crippen molar-refractivity contribution < 1.29 is 14.0 Å². The molecule has 2 N–H and O–H groups in total. The average molecular weight is 442 g/mol. The van der Waals surface area contributed by atoms with E-state index in [4.69, 9.17) is 3.83 Å². The molecule has 0 aliphatic carbocycles. The van der Waals surface area contributed by atoms with Gasteiger partial charge in [0, 0.05) is 0 Å². The molecule has 13 heavy (non-hydrogen) atoms. The van der Waals surface area contributed by atoms with E-state index in [9.17, 15) is 10.2 Å². The summed E-state index contributed by atoms with van der Waals surface area (Å²) in [6.45, 7) is 0. The van der Waals surface area contributed by atoms with Crippen LogP contribution in [0.4, 0.5) is 0 Å². The van der Waals surface area contributed by atoms with E-state index in [1.165, 1.54) is 0 Å². The van der Waals surface area contributed by atoms with E-state index in [1.54, 1.807) is 0 Å². The van der Waals surface area contributed by atoms with E-state index < -0.39 is 0 Å². The standard InChI is InChI=1S/C6H2Br4O3/c7-1-2(8)4(11)5(12)6(13-10)3(1)9/h11-12H. The summed E-state index contributed by atoms with van der Waals surface area (Å²) < 4.78 is 6.09. The monoisotopic (exact) mass is 438 g/mol. The summed E-state index contributed by atoms with van der Waals surface area (Å²) in [5, 5.41) is 18.8. The Morgan fingerprint density at radius 1 is 0.846 bits per heavy atom. The molecule has 0 spiro atoms. The molecule has 0 fully saturated rings. The van der Waals surface area contributed by atoms with Crippen molar-refractivity contribution in [2.75, 3.05) is 0 Å². The minimum atomic E-state index is -0.348. The normalized spacial score (nSPS) is 10.2. The molecule has 1 aromatic rings. The molecular formula is C6H2Br4O3. The average Bonchev–Trinajstić information content (AvgIpc) is 2.13. The summed E-state index contributed by atoms with van der Waals surface area (Å²) in [6, 6.07) is 0. The van der Waals surface area contributed by atoms with Gasteiger partial charge in [0.25, 0.3) is 0 Å². The Balaban J connectivity index is 3.56. The predicted molar refractivity (Wildman–Crippen MR) is 62.4 cm³/mol. The van der Waals surface area contributed by atoms with Crippen LogP contribution in [-0.4, -0.2) is 10.2 Å². The van der Waals surface area contributed by atoms with Gasteiger partial charge in [-0.2, -0.15) is 0 Å². The maximum absolute atomic E-state index is 9.40. The highest BCUT2D eigenvalue weighted by Crippen LogP contribution is 2.51. The number of rotatable bonds is 1. The van der Waals surface area contributed by atoms with Crippen molar-refractivity contribution in [2.45, 2.75) is 0 Å². The Bertz CT molecular complexity index is 323. The molecule has 0 aliphatic heterocycles. The minimum absolute atomic E-state index is 0.104. The highest BCUT2D eigenvalue weighted by Gasteiger charge is 2.20. The van der Waals surface area contributed by atoms with E-state index in [-0.39, 0.29) is 17.2 Å². The van der Waals surface area contributed by atoms with Crippen molar-refractivity contribution >= 4 is 64.0 Å². The van der Waals surface area contributed by atoms with E-state index in [0.29, 0.717) is 13.4 Å². The molecule has 7 heteroatoms. The van der Waals surface area contributed by atoms with E-state index in [0.717, 1.165) is 0 Å². The van der Waals surface area contributed by atoms with E-state index >= 15 is 0 Å². The van der Waals surface area contributed by atoms with Crippen LogP contribution in [0.15, 0.2) is 13.4 Å². The van der Waals surface area contributed by atoms with E-state index in [2.05, 4.69) is 64.0 Å². The molecule has 0 aromatic heterocycles. The maximum atomic E-state index is 9.40. The number of hydrogen-bond acceptors (Lipinski definition) is 3. The van der Waals surface area contributed by atoms with Gasteiger partial charge in [-0.25, -0.2) is 0 Å². The van der Waals surface area contributed by atoms with Gasteiger partial charge in [-0.05, 0) is 47.8 Å². The molecular weight excluding hydrogens is 440 g/mol. The van der Waals surface area contributed by atoms with Crippen LogP contribution >= 0.6 is 64.0 Å². The lowest BCUT2D eigenvalue weighted by molar-refractivity contribution is 0.389. The Kier molecular flexibility index (Phi) is 3.91. The maximum Gasteiger partial charge on any atom is 0.204 e. The molecule has 0 heterocycles. The molecule has 3 nitrogen and oxygen atoms in total. The first kappa shape index (κ1) is 11.6. The SMILES string of the molecule is Oc1c(O)c(OBr)c(Br)c(Br)c1Br. The molecule has 0 saturated heterocycles. The molecule has 0 unspecified atom stereocenters. The van der Waals surface area contributed by atoms with Crippen LogP contribution in [0.1, 0.15) is 0 Å². The highest BCUT2D eigenvalue weighted by atomic mass is 79.9. The summed E-state index contributed by atoms with van der Waals surface area (Å²) in [6.07, 6.45) is 0. The lowest BCUT2D eigenvalue weighted by atomic mass is 10.3. The van der Waals surface area contributed by atoms with Gasteiger partial charge in [0.05, 0.1) is 13.4 Å². The van der Waals surface area contributed by atoms with Crippen molar-refractivity contribution in [2.24, 2.45) is 0 Å². The van der Waals surface area contributed by atoms with Crippen molar-refractivity contribution in [3.63, 3.8) is 0 Å². The number of hydrogen-bond donors (Lipinski definition) is 2. The fourth-order valence-electron chi connectivity index (χ4n) is 0.686. The largest absolute Gasteiger partial charge is 0.503 e. The zero-order chi connectivity index (χ0) is 10.2. The zero-order valence-electron chi connectivity index (χ0n) is 5.81. The van der Waals surface area contributed by atoms with Gasteiger partial charge in [0.1, 0.15) is 0 Å². The van der Waals surface area contributed by atoms with Crippen molar-refractivity contribution in [1.29, 1.82) is 0 Å². The summed E-state index contributed by atoms with van der Waals surface area (Å²) in [7, 11) is 0. The fourth-order valence-corrected chi connectivity index (χ4v) is 2.71. The first-order valence-electron chi connectivity index (χ1n) is 2.87. The molecule has 1 rings (SSSR count). The van der Waals surface area contributed by atoms with Crippen LogP contribution in [-0.2, 0) is 0 Å².